The van der Waals surface area contributed by atoms with Gasteiger partial charge in [0.15, 0.2) is 9.84 Å². The monoisotopic (exact) mass is 629 g/mol. The number of primary amides is 1. The number of benzene rings is 1. The van der Waals surface area contributed by atoms with E-state index < -0.39 is 110 Å². The lowest BCUT2D eigenvalue weighted by molar-refractivity contribution is -0.177. The molecule has 3 fully saturated rings. The number of carboxylic acid groups (broad SMARTS) is 1. The molecule has 2 heterocycles. The van der Waals surface area contributed by atoms with Crippen molar-refractivity contribution in [1.29, 1.82) is 5.26 Å². The van der Waals surface area contributed by atoms with Crippen LogP contribution in [0.4, 0.5) is 22.0 Å². The van der Waals surface area contributed by atoms with Crippen LogP contribution in [0.3, 0.4) is 0 Å². The summed E-state index contributed by atoms with van der Waals surface area (Å²) in [4.78, 5) is 37.9. The third-order valence-electron chi connectivity index (χ3n) is 8.91. The van der Waals surface area contributed by atoms with Crippen LogP contribution in [0.1, 0.15) is 24.8 Å². The average molecular weight is 630 g/mol. The summed E-state index contributed by atoms with van der Waals surface area (Å²) >= 11 is 0. The fraction of sp³-hybridized carbons (Fsp3) is 0.500. The van der Waals surface area contributed by atoms with Gasteiger partial charge in [-0.3, -0.25) is 19.1 Å². The third-order valence-corrected chi connectivity index (χ3v) is 11.1. The molecule has 3 aliphatic rings. The number of nitrogens with zero attached hydrogens (tertiary/aromatic N) is 4. The number of amides is 2. The van der Waals surface area contributed by atoms with E-state index in [2.05, 4.69) is 5.10 Å². The maximum absolute atomic E-state index is 14.3. The Morgan fingerprint density at radius 2 is 1.81 bits per heavy atom. The smallest absolute Gasteiger partial charge is 0.417 e. The molecule has 1 aromatic carbocycles. The Labute approximate surface area is 241 Å². The van der Waals surface area contributed by atoms with E-state index in [1.807, 2.05) is 0 Å². The van der Waals surface area contributed by atoms with Gasteiger partial charge in [-0.25, -0.2) is 17.2 Å². The second kappa shape index (κ2) is 9.46. The molecule has 1 saturated heterocycles. The van der Waals surface area contributed by atoms with Crippen LogP contribution in [0.5, 0.6) is 0 Å². The number of aryl methyl sites for hydroxylation is 1. The minimum Gasteiger partial charge on any atom is -0.481 e. The predicted octanol–water partition coefficient (Wildman–Crippen LogP) is 2.22. The number of nitrogens with two attached hydrogens (primary N) is 1. The van der Waals surface area contributed by atoms with Crippen molar-refractivity contribution in [2.45, 2.75) is 41.5 Å². The number of nitriles is 1. The molecule has 2 amide bonds. The molecule has 3 N–H and O–H groups in total. The van der Waals surface area contributed by atoms with E-state index in [4.69, 9.17) is 5.73 Å². The first kappa shape index (κ1) is 30.4. The fourth-order valence-corrected chi connectivity index (χ4v) is 8.66. The highest BCUT2D eigenvalue weighted by atomic mass is 32.2. The van der Waals surface area contributed by atoms with E-state index in [9.17, 15) is 55.1 Å². The number of halogens is 5. The van der Waals surface area contributed by atoms with E-state index in [1.165, 1.54) is 24.0 Å². The van der Waals surface area contributed by atoms with Gasteiger partial charge in [0, 0.05) is 24.7 Å². The number of aliphatic carboxylic acids is 1. The highest BCUT2D eigenvalue weighted by Gasteiger charge is 2.76. The fourth-order valence-electron chi connectivity index (χ4n) is 6.62. The van der Waals surface area contributed by atoms with Gasteiger partial charge in [-0.1, -0.05) is 6.07 Å². The number of carboxylic acids is 1. The molecule has 5 rings (SSSR count). The molecule has 5 atom stereocenters. The van der Waals surface area contributed by atoms with Gasteiger partial charge in [0.1, 0.15) is 5.41 Å². The molecule has 43 heavy (non-hydrogen) atoms. The number of rotatable bonds is 7. The van der Waals surface area contributed by atoms with Gasteiger partial charge >= 0.3 is 12.1 Å². The zero-order valence-electron chi connectivity index (χ0n) is 22.3. The maximum Gasteiger partial charge on any atom is 0.417 e. The number of hydrogen-bond acceptors (Lipinski definition) is 7. The van der Waals surface area contributed by atoms with Crippen LogP contribution >= 0.6 is 0 Å². The Balaban J connectivity index is 1.61. The zero-order valence-corrected chi connectivity index (χ0v) is 23.1. The van der Waals surface area contributed by atoms with Gasteiger partial charge in [-0.15, -0.1) is 0 Å². The van der Waals surface area contributed by atoms with Crippen molar-refractivity contribution >= 4 is 27.6 Å². The molecule has 2 unspecified atom stereocenters. The molecule has 1 aromatic heterocycles. The maximum atomic E-state index is 14.3. The van der Waals surface area contributed by atoms with Crippen LogP contribution in [0.25, 0.3) is 11.3 Å². The van der Waals surface area contributed by atoms with Crippen LogP contribution in [-0.2, 0) is 37.4 Å². The minimum absolute atomic E-state index is 0.0115. The number of likely N-dealkylation sites (tertiary alicyclic amines) is 1. The van der Waals surface area contributed by atoms with Crippen molar-refractivity contribution in [3.05, 3.63) is 36.0 Å². The Morgan fingerprint density at radius 3 is 2.28 bits per heavy atom. The van der Waals surface area contributed by atoms with Gasteiger partial charge in [-0.2, -0.15) is 23.5 Å². The van der Waals surface area contributed by atoms with Gasteiger partial charge in [0.2, 0.25) is 11.8 Å². The third kappa shape index (κ3) is 4.53. The standard InChI is InChI=1S/C26H24F5N5O6S/c1-35-17(4-5-34-35)13-2-3-18(15(6-13)26(29,30)31)43(41,42)14-7-16(20(37)36-11-24(27,28)12-36)25(8-14,22(39)40)19-9-23(19,10-32)21(33)38/h2-6,14,16,19H,7-9,11-12H2,1H3,(H2,33,38)(H,39,40)/t14-,16+,19?,23?,25+/m1/s1. The highest BCUT2D eigenvalue weighted by Crippen LogP contribution is 2.68. The molecule has 0 spiro atoms. The summed E-state index contributed by atoms with van der Waals surface area (Å²) in [7, 11) is -3.58. The Bertz CT molecular complexity index is 1690. The topological polar surface area (TPSA) is 176 Å². The quantitative estimate of drug-likeness (QED) is 0.438. The van der Waals surface area contributed by atoms with E-state index in [-0.39, 0.29) is 11.3 Å². The number of sulfone groups is 1. The molecule has 2 saturated carbocycles. The molecule has 0 bridgehead atoms. The molecule has 2 aliphatic carbocycles. The van der Waals surface area contributed by atoms with Crippen molar-refractivity contribution in [2.24, 2.45) is 35.4 Å². The van der Waals surface area contributed by atoms with E-state index >= 15 is 0 Å². The van der Waals surface area contributed by atoms with Crippen molar-refractivity contribution < 1.29 is 49.9 Å². The number of hydrogen-bond donors (Lipinski definition) is 2. The molecule has 17 heteroatoms. The summed E-state index contributed by atoms with van der Waals surface area (Å²) < 4.78 is 99.1. The van der Waals surface area contributed by atoms with Gasteiger partial charge in [-0.05, 0) is 37.5 Å². The van der Waals surface area contributed by atoms with E-state index in [0.717, 1.165) is 12.1 Å². The summed E-state index contributed by atoms with van der Waals surface area (Å²) in [5.41, 5.74) is -0.500. The largest absolute Gasteiger partial charge is 0.481 e. The van der Waals surface area contributed by atoms with Crippen LogP contribution in [0.15, 0.2) is 35.4 Å². The van der Waals surface area contributed by atoms with Gasteiger partial charge in [0.05, 0.1) is 51.9 Å². The lowest BCUT2D eigenvalue weighted by atomic mass is 9.70. The molecule has 1 aliphatic heterocycles. The summed E-state index contributed by atoms with van der Waals surface area (Å²) in [6.07, 6.45) is -6.10. The van der Waals surface area contributed by atoms with Crippen LogP contribution in [0, 0.1) is 34.0 Å². The Morgan fingerprint density at radius 1 is 1.16 bits per heavy atom. The SMILES string of the molecule is Cn1nccc1-c1ccc(S(=O)(=O)[C@@H]2C[C@@H](C(=O)N3CC(F)(F)C3)[C@](C(=O)O)(C3CC3(C#N)C(N)=O)C2)c(C(F)(F)F)c1. The van der Waals surface area contributed by atoms with Gasteiger partial charge in [0.25, 0.3) is 5.92 Å². The Hall–Kier alpha value is -4.07. The highest BCUT2D eigenvalue weighted by molar-refractivity contribution is 7.92. The van der Waals surface area contributed by atoms with Crippen molar-refractivity contribution in [2.75, 3.05) is 13.1 Å². The number of carbonyl (C=O) groups excluding carboxylic acids is 2. The molecular weight excluding hydrogens is 605 g/mol. The summed E-state index contributed by atoms with van der Waals surface area (Å²) in [6, 6.07) is 5.52. The van der Waals surface area contributed by atoms with Crippen LogP contribution < -0.4 is 5.73 Å². The van der Waals surface area contributed by atoms with Crippen molar-refractivity contribution in [1.82, 2.24) is 14.7 Å². The molecular formula is C26H24F5N5O6S. The summed E-state index contributed by atoms with van der Waals surface area (Å²) in [5, 5.41) is 22.1. The van der Waals surface area contributed by atoms with E-state index in [0.29, 0.717) is 11.0 Å². The predicted molar refractivity (Wildman–Crippen MR) is 134 cm³/mol. The van der Waals surface area contributed by atoms with Crippen molar-refractivity contribution in [3.8, 4) is 17.3 Å². The normalized spacial score (nSPS) is 29.9. The van der Waals surface area contributed by atoms with E-state index in [1.54, 1.807) is 6.07 Å². The number of alkyl halides is 5. The second-order valence-electron chi connectivity index (χ2n) is 11.3. The molecule has 2 aromatic rings. The molecule has 0 radical (unpaired) electrons. The zero-order chi connectivity index (χ0) is 31.9. The average Bonchev–Trinajstić information content (AvgIpc) is 3.28. The lowest BCUT2D eigenvalue weighted by Crippen LogP contribution is -2.61. The van der Waals surface area contributed by atoms with Gasteiger partial charge < -0.3 is 15.7 Å². The number of carbonyl (C=O) groups is 3. The summed E-state index contributed by atoms with van der Waals surface area (Å²) in [5.74, 6) is -10.8. The first-order valence-electron chi connectivity index (χ1n) is 12.9. The Kier molecular flexibility index (Phi) is 6.69. The minimum atomic E-state index is -5.18. The summed E-state index contributed by atoms with van der Waals surface area (Å²) in [6.45, 7) is -2.15. The second-order valence-corrected chi connectivity index (χ2v) is 13.5. The molecule has 11 nitrogen and oxygen atoms in total. The van der Waals surface area contributed by atoms with Crippen LogP contribution in [-0.4, -0.2) is 70.3 Å². The first-order chi connectivity index (χ1) is 19.8. The van der Waals surface area contributed by atoms with Crippen molar-refractivity contribution in [3.63, 3.8) is 0 Å². The molecule has 230 valence electrons. The first-order valence-corrected chi connectivity index (χ1v) is 14.4. The number of aromatic nitrogens is 2. The lowest BCUT2D eigenvalue weighted by Gasteiger charge is -2.42. The van der Waals surface area contributed by atoms with Crippen LogP contribution in [0.2, 0.25) is 0 Å².